The molecule has 28 heavy (non-hydrogen) atoms. The molecule has 8 nitrogen and oxygen atoms in total. The third-order valence-electron chi connectivity index (χ3n) is 4.32. The van der Waals surface area contributed by atoms with Gasteiger partial charge in [0.2, 0.25) is 0 Å². The van der Waals surface area contributed by atoms with Gasteiger partial charge in [-0.1, -0.05) is 0 Å². The first-order chi connectivity index (χ1) is 13.5. The van der Waals surface area contributed by atoms with Crippen molar-refractivity contribution in [3.63, 3.8) is 0 Å². The summed E-state index contributed by atoms with van der Waals surface area (Å²) in [4.78, 5) is 40.6. The van der Waals surface area contributed by atoms with E-state index in [0.717, 1.165) is 5.56 Å². The van der Waals surface area contributed by atoms with Crippen molar-refractivity contribution in [3.05, 3.63) is 93.8 Å². The monoisotopic (exact) mass is 375 g/mol. The number of ether oxygens (including phenoxy) is 1. The van der Waals surface area contributed by atoms with Gasteiger partial charge in [0.05, 0.1) is 22.6 Å². The highest BCUT2D eigenvalue weighted by Gasteiger charge is 2.35. The standard InChI is InChI=1S/C20H13N3O5/c24-19-17-6-5-16(28-15-3-1-14(2-4-15)23(26)27)11-18(17)20(25)22(19)12-13-7-9-21-10-8-13/h1-11H,12H2. The number of benzene rings is 2. The zero-order chi connectivity index (χ0) is 19.7. The smallest absolute Gasteiger partial charge is 0.269 e. The Bertz CT molecular complexity index is 1080. The number of aromatic nitrogens is 1. The molecule has 0 N–H and O–H groups in total. The molecule has 0 atom stereocenters. The lowest BCUT2D eigenvalue weighted by atomic mass is 10.1. The number of hydrogen-bond donors (Lipinski definition) is 0. The first kappa shape index (κ1) is 17.3. The molecule has 0 aliphatic carbocycles. The molecule has 0 saturated heterocycles. The number of rotatable bonds is 5. The quantitative estimate of drug-likeness (QED) is 0.384. The lowest BCUT2D eigenvalue weighted by Gasteiger charge is -2.13. The maximum Gasteiger partial charge on any atom is 0.269 e. The summed E-state index contributed by atoms with van der Waals surface area (Å²) in [5, 5.41) is 10.7. The molecule has 0 spiro atoms. The van der Waals surface area contributed by atoms with Gasteiger partial charge in [0.1, 0.15) is 11.5 Å². The van der Waals surface area contributed by atoms with E-state index < -0.39 is 10.8 Å². The van der Waals surface area contributed by atoms with Crippen molar-refractivity contribution < 1.29 is 19.2 Å². The molecule has 0 bridgehead atoms. The molecule has 0 saturated carbocycles. The fourth-order valence-electron chi connectivity index (χ4n) is 2.92. The maximum atomic E-state index is 12.7. The zero-order valence-electron chi connectivity index (χ0n) is 14.4. The summed E-state index contributed by atoms with van der Waals surface area (Å²) in [6, 6.07) is 13.7. The van der Waals surface area contributed by atoms with E-state index >= 15 is 0 Å². The molecule has 0 fully saturated rings. The number of non-ortho nitro benzene ring substituents is 1. The summed E-state index contributed by atoms with van der Waals surface area (Å²) in [5.74, 6) is -0.0138. The van der Waals surface area contributed by atoms with E-state index in [4.69, 9.17) is 4.74 Å². The van der Waals surface area contributed by atoms with Crippen molar-refractivity contribution in [1.82, 2.24) is 9.88 Å². The fraction of sp³-hybridized carbons (Fsp3) is 0.0500. The van der Waals surface area contributed by atoms with Gasteiger partial charge in [-0.2, -0.15) is 0 Å². The largest absolute Gasteiger partial charge is 0.457 e. The van der Waals surface area contributed by atoms with Gasteiger partial charge in [0, 0.05) is 24.5 Å². The molecular formula is C20H13N3O5. The molecule has 138 valence electrons. The van der Waals surface area contributed by atoms with Crippen LogP contribution in [0.1, 0.15) is 26.3 Å². The molecule has 0 radical (unpaired) electrons. The van der Waals surface area contributed by atoms with Crippen LogP contribution in [0.15, 0.2) is 67.0 Å². The molecule has 1 aliphatic rings. The summed E-state index contributed by atoms with van der Waals surface area (Å²) in [6.45, 7) is 0.160. The number of amides is 2. The van der Waals surface area contributed by atoms with Gasteiger partial charge in [-0.3, -0.25) is 29.6 Å². The molecule has 1 aromatic heterocycles. The Kier molecular flexibility index (Phi) is 4.29. The van der Waals surface area contributed by atoms with E-state index in [2.05, 4.69) is 4.98 Å². The molecule has 4 rings (SSSR count). The Morgan fingerprint density at radius 3 is 2.21 bits per heavy atom. The molecule has 1 aliphatic heterocycles. The summed E-state index contributed by atoms with van der Waals surface area (Å²) < 4.78 is 5.66. The first-order valence-electron chi connectivity index (χ1n) is 8.34. The van der Waals surface area contributed by atoms with Gasteiger partial charge in [-0.15, -0.1) is 0 Å². The summed E-state index contributed by atoms with van der Waals surface area (Å²) in [6.07, 6.45) is 3.20. The van der Waals surface area contributed by atoms with E-state index in [9.17, 15) is 19.7 Å². The fourth-order valence-corrected chi connectivity index (χ4v) is 2.92. The van der Waals surface area contributed by atoms with Gasteiger partial charge in [0.25, 0.3) is 17.5 Å². The number of nitrogens with zero attached hydrogens (tertiary/aromatic N) is 3. The van der Waals surface area contributed by atoms with Crippen molar-refractivity contribution in [1.29, 1.82) is 0 Å². The van der Waals surface area contributed by atoms with Gasteiger partial charge in [-0.25, -0.2) is 0 Å². The molecule has 2 aromatic carbocycles. The second-order valence-corrected chi connectivity index (χ2v) is 6.11. The second kappa shape index (κ2) is 6.92. The topological polar surface area (TPSA) is 103 Å². The number of hydrogen-bond acceptors (Lipinski definition) is 6. The molecule has 0 unspecified atom stereocenters. The predicted octanol–water partition coefficient (Wildman–Crippen LogP) is 3.58. The van der Waals surface area contributed by atoms with Crippen LogP contribution in [0.25, 0.3) is 0 Å². The average molecular weight is 375 g/mol. The van der Waals surface area contributed by atoms with Crippen LogP contribution in [0.5, 0.6) is 11.5 Å². The number of fused-ring (bicyclic) bond motifs is 1. The van der Waals surface area contributed by atoms with Crippen LogP contribution in [0.4, 0.5) is 5.69 Å². The summed E-state index contributed by atoms with van der Waals surface area (Å²) >= 11 is 0. The van der Waals surface area contributed by atoms with Crippen LogP contribution in [0.3, 0.4) is 0 Å². The Morgan fingerprint density at radius 2 is 1.54 bits per heavy atom. The number of nitro groups is 1. The molecule has 3 aromatic rings. The predicted molar refractivity (Wildman–Crippen MR) is 98.1 cm³/mol. The summed E-state index contributed by atoms with van der Waals surface area (Å²) in [5.41, 5.74) is 1.33. The minimum Gasteiger partial charge on any atom is -0.457 e. The lowest BCUT2D eigenvalue weighted by molar-refractivity contribution is -0.384. The van der Waals surface area contributed by atoms with Crippen molar-refractivity contribution in [2.24, 2.45) is 0 Å². The Labute approximate surface area is 159 Å². The van der Waals surface area contributed by atoms with Gasteiger partial charge >= 0.3 is 0 Å². The van der Waals surface area contributed by atoms with E-state index in [1.807, 2.05) is 0 Å². The molecule has 8 heteroatoms. The number of carbonyl (C=O) groups excluding carboxylic acids is 2. The van der Waals surface area contributed by atoms with Crippen LogP contribution >= 0.6 is 0 Å². The van der Waals surface area contributed by atoms with Crippen molar-refractivity contribution >= 4 is 17.5 Å². The van der Waals surface area contributed by atoms with Crippen LogP contribution in [-0.4, -0.2) is 26.6 Å². The van der Waals surface area contributed by atoms with Crippen LogP contribution in [0, 0.1) is 10.1 Å². The minimum atomic E-state index is -0.499. The van der Waals surface area contributed by atoms with Crippen LogP contribution in [-0.2, 0) is 6.54 Å². The minimum absolute atomic E-state index is 0.0474. The van der Waals surface area contributed by atoms with Crippen molar-refractivity contribution in [2.75, 3.05) is 0 Å². The van der Waals surface area contributed by atoms with Crippen molar-refractivity contribution in [2.45, 2.75) is 6.54 Å². The second-order valence-electron chi connectivity index (χ2n) is 6.11. The van der Waals surface area contributed by atoms with Crippen LogP contribution in [0.2, 0.25) is 0 Å². The number of pyridine rings is 1. The van der Waals surface area contributed by atoms with Crippen molar-refractivity contribution in [3.8, 4) is 11.5 Å². The van der Waals surface area contributed by atoms with E-state index in [-0.39, 0.29) is 23.7 Å². The SMILES string of the molecule is O=C1c2ccc(Oc3ccc([N+](=O)[O-])cc3)cc2C(=O)N1Cc1ccncc1. The van der Waals surface area contributed by atoms with Gasteiger partial charge in [-0.05, 0) is 48.0 Å². The van der Waals surface area contributed by atoms with E-state index in [0.29, 0.717) is 17.1 Å². The molecular weight excluding hydrogens is 362 g/mol. The highest BCUT2D eigenvalue weighted by Crippen LogP contribution is 2.30. The Morgan fingerprint density at radius 1 is 0.893 bits per heavy atom. The third-order valence-corrected chi connectivity index (χ3v) is 4.32. The van der Waals surface area contributed by atoms with Gasteiger partial charge in [0.15, 0.2) is 0 Å². The number of nitro benzene ring substituents is 1. The summed E-state index contributed by atoms with van der Waals surface area (Å²) in [7, 11) is 0. The maximum absolute atomic E-state index is 12.7. The Balaban J connectivity index is 1.55. The number of carbonyl (C=O) groups is 2. The molecule has 2 amide bonds. The average Bonchev–Trinajstić information content (AvgIpc) is 2.94. The number of imide groups is 1. The van der Waals surface area contributed by atoms with E-state index in [1.54, 1.807) is 36.7 Å². The van der Waals surface area contributed by atoms with E-state index in [1.165, 1.54) is 35.2 Å². The van der Waals surface area contributed by atoms with Crippen LogP contribution < -0.4 is 4.74 Å². The molecule has 2 heterocycles. The third kappa shape index (κ3) is 3.18. The normalized spacial score (nSPS) is 12.8. The highest BCUT2D eigenvalue weighted by molar-refractivity contribution is 6.21. The Hall–Kier alpha value is -4.07. The highest BCUT2D eigenvalue weighted by atomic mass is 16.6. The zero-order valence-corrected chi connectivity index (χ0v) is 14.4. The van der Waals surface area contributed by atoms with Gasteiger partial charge < -0.3 is 4.74 Å². The lowest BCUT2D eigenvalue weighted by Crippen LogP contribution is -2.29. The first-order valence-corrected chi connectivity index (χ1v) is 8.34.